The lowest BCUT2D eigenvalue weighted by atomic mass is 9.65. The summed E-state index contributed by atoms with van der Waals surface area (Å²) in [5.74, 6) is 0.992. The van der Waals surface area contributed by atoms with Gasteiger partial charge in [0.1, 0.15) is 0 Å². The number of likely N-dealkylation sites (tertiary alicyclic amines) is 1. The van der Waals surface area contributed by atoms with E-state index < -0.39 is 0 Å². The standard InChI is InChI=1S/C19H32N4.HI/c1-18(2)14-23(19(18,3)4)17(20-5)21-12-15-8-10-16(11-9-15)13-22(6)7;/h8-11H,12-14H2,1-7H3,(H,20,21);1H. The Morgan fingerprint density at radius 2 is 1.67 bits per heavy atom. The van der Waals surface area contributed by atoms with E-state index in [4.69, 9.17) is 0 Å². The molecule has 0 atom stereocenters. The van der Waals surface area contributed by atoms with E-state index in [2.05, 4.69) is 86.2 Å². The van der Waals surface area contributed by atoms with Crippen LogP contribution in [0.25, 0.3) is 0 Å². The molecular weight excluding hydrogens is 411 g/mol. The SMILES string of the molecule is CN=C(NCc1ccc(CN(C)C)cc1)N1CC(C)(C)C1(C)C.I. The smallest absolute Gasteiger partial charge is 0.194 e. The zero-order chi connectivity index (χ0) is 17.3. The Morgan fingerprint density at radius 1 is 1.12 bits per heavy atom. The average molecular weight is 444 g/mol. The van der Waals surface area contributed by atoms with Gasteiger partial charge in [-0.25, -0.2) is 0 Å². The van der Waals surface area contributed by atoms with Gasteiger partial charge >= 0.3 is 0 Å². The van der Waals surface area contributed by atoms with Crippen LogP contribution in [-0.2, 0) is 13.1 Å². The molecule has 0 unspecified atom stereocenters. The monoisotopic (exact) mass is 444 g/mol. The second-order valence-corrected chi connectivity index (χ2v) is 7.98. The summed E-state index contributed by atoms with van der Waals surface area (Å²) < 4.78 is 0. The summed E-state index contributed by atoms with van der Waals surface area (Å²) in [6.45, 7) is 12.1. The highest BCUT2D eigenvalue weighted by atomic mass is 127. The maximum absolute atomic E-state index is 4.47. The molecule has 1 aromatic carbocycles. The van der Waals surface area contributed by atoms with E-state index >= 15 is 0 Å². The number of hydrogen-bond donors (Lipinski definition) is 1. The lowest BCUT2D eigenvalue weighted by Crippen LogP contribution is -2.72. The van der Waals surface area contributed by atoms with Crippen LogP contribution in [0.5, 0.6) is 0 Å². The van der Waals surface area contributed by atoms with Crippen molar-refractivity contribution in [3.63, 3.8) is 0 Å². The third-order valence-corrected chi connectivity index (χ3v) is 5.32. The molecular formula is C19H33IN4. The van der Waals surface area contributed by atoms with Crippen LogP contribution >= 0.6 is 24.0 Å². The van der Waals surface area contributed by atoms with Gasteiger partial charge in [-0.1, -0.05) is 38.1 Å². The third-order valence-electron chi connectivity index (χ3n) is 5.32. The quantitative estimate of drug-likeness (QED) is 0.438. The summed E-state index contributed by atoms with van der Waals surface area (Å²) in [6.07, 6.45) is 0. The van der Waals surface area contributed by atoms with E-state index in [0.717, 1.165) is 25.6 Å². The minimum atomic E-state index is 0. The molecule has 5 heteroatoms. The first-order valence-corrected chi connectivity index (χ1v) is 8.38. The maximum atomic E-state index is 4.47. The van der Waals surface area contributed by atoms with Crippen LogP contribution in [0, 0.1) is 5.41 Å². The van der Waals surface area contributed by atoms with Gasteiger partial charge in [0.25, 0.3) is 0 Å². The van der Waals surface area contributed by atoms with Gasteiger partial charge in [0.05, 0.1) is 0 Å². The van der Waals surface area contributed by atoms with Gasteiger partial charge in [-0.3, -0.25) is 4.99 Å². The van der Waals surface area contributed by atoms with Crippen molar-refractivity contribution in [3.8, 4) is 0 Å². The number of rotatable bonds is 4. The number of benzene rings is 1. The Hall–Kier alpha value is -0.820. The fraction of sp³-hybridized carbons (Fsp3) is 0.632. The molecule has 2 rings (SSSR count). The lowest BCUT2D eigenvalue weighted by Gasteiger charge is -2.62. The van der Waals surface area contributed by atoms with Gasteiger partial charge in [-0.2, -0.15) is 0 Å². The molecule has 1 fully saturated rings. The number of nitrogens with zero attached hydrogens (tertiary/aromatic N) is 3. The van der Waals surface area contributed by atoms with Crippen molar-refractivity contribution in [2.45, 2.75) is 46.3 Å². The molecule has 1 aliphatic rings. The minimum Gasteiger partial charge on any atom is -0.352 e. The molecule has 0 radical (unpaired) electrons. The second kappa shape index (κ2) is 8.04. The molecule has 0 aliphatic carbocycles. The summed E-state index contributed by atoms with van der Waals surface area (Å²) >= 11 is 0. The predicted octanol–water partition coefficient (Wildman–Crippen LogP) is 3.56. The molecule has 0 aromatic heterocycles. The molecule has 1 aromatic rings. The van der Waals surface area contributed by atoms with Crippen LogP contribution in [0.3, 0.4) is 0 Å². The number of halogens is 1. The van der Waals surface area contributed by atoms with Crippen LogP contribution in [0.15, 0.2) is 29.3 Å². The van der Waals surface area contributed by atoms with Gasteiger partial charge in [0, 0.05) is 37.6 Å². The minimum absolute atomic E-state index is 0. The zero-order valence-corrected chi connectivity index (χ0v) is 18.5. The van der Waals surface area contributed by atoms with Gasteiger partial charge in [0.15, 0.2) is 5.96 Å². The van der Waals surface area contributed by atoms with E-state index in [1.165, 1.54) is 11.1 Å². The molecule has 0 saturated carbocycles. The van der Waals surface area contributed by atoms with Gasteiger partial charge in [-0.05, 0) is 39.1 Å². The molecule has 4 nitrogen and oxygen atoms in total. The first-order chi connectivity index (χ1) is 10.7. The second-order valence-electron chi connectivity index (χ2n) is 7.98. The fourth-order valence-corrected chi connectivity index (χ4v) is 3.00. The zero-order valence-electron chi connectivity index (χ0n) is 16.2. The summed E-state index contributed by atoms with van der Waals surface area (Å²) in [7, 11) is 6.05. The Morgan fingerprint density at radius 3 is 2.08 bits per heavy atom. The third kappa shape index (κ3) is 4.42. The summed E-state index contributed by atoms with van der Waals surface area (Å²) in [5, 5.41) is 3.51. The first kappa shape index (κ1) is 21.2. The summed E-state index contributed by atoms with van der Waals surface area (Å²) in [4.78, 5) is 9.02. The van der Waals surface area contributed by atoms with E-state index in [1.807, 2.05) is 7.05 Å². The van der Waals surface area contributed by atoms with Crippen molar-refractivity contribution in [1.82, 2.24) is 15.1 Å². The normalized spacial score (nSPS) is 18.8. The van der Waals surface area contributed by atoms with Crippen LogP contribution in [0.4, 0.5) is 0 Å². The van der Waals surface area contributed by atoms with Crippen molar-refractivity contribution in [1.29, 1.82) is 0 Å². The van der Waals surface area contributed by atoms with Crippen LogP contribution in [0.1, 0.15) is 38.8 Å². The van der Waals surface area contributed by atoms with Gasteiger partial charge in [0.2, 0.25) is 0 Å². The van der Waals surface area contributed by atoms with Crippen molar-refractivity contribution < 1.29 is 0 Å². The van der Waals surface area contributed by atoms with Crippen LogP contribution < -0.4 is 5.32 Å². The summed E-state index contributed by atoms with van der Waals surface area (Å²) in [5.41, 5.74) is 3.07. The number of hydrogen-bond acceptors (Lipinski definition) is 2. The van der Waals surface area contributed by atoms with Crippen molar-refractivity contribution in [2.75, 3.05) is 27.7 Å². The number of aliphatic imine (C=N–C) groups is 1. The lowest BCUT2D eigenvalue weighted by molar-refractivity contribution is -0.0667. The Bertz CT molecular complexity index is 561. The van der Waals surface area contributed by atoms with E-state index in [9.17, 15) is 0 Å². The van der Waals surface area contributed by atoms with Crippen molar-refractivity contribution >= 4 is 29.9 Å². The summed E-state index contributed by atoms with van der Waals surface area (Å²) in [6, 6.07) is 8.81. The predicted molar refractivity (Wildman–Crippen MR) is 114 cm³/mol. The highest BCUT2D eigenvalue weighted by molar-refractivity contribution is 14.0. The molecule has 1 saturated heterocycles. The molecule has 1 heterocycles. The van der Waals surface area contributed by atoms with Crippen molar-refractivity contribution in [2.24, 2.45) is 10.4 Å². The van der Waals surface area contributed by atoms with Gasteiger partial charge in [-0.15, -0.1) is 24.0 Å². The fourth-order valence-electron chi connectivity index (χ4n) is 3.00. The van der Waals surface area contributed by atoms with E-state index in [1.54, 1.807) is 0 Å². The Labute approximate surface area is 164 Å². The molecule has 1 N–H and O–H groups in total. The van der Waals surface area contributed by atoms with E-state index in [-0.39, 0.29) is 29.5 Å². The highest BCUT2D eigenvalue weighted by Gasteiger charge is 2.53. The van der Waals surface area contributed by atoms with Gasteiger partial charge < -0.3 is 15.1 Å². The number of guanidine groups is 1. The van der Waals surface area contributed by atoms with Crippen LogP contribution in [0.2, 0.25) is 0 Å². The Balaban J connectivity index is 0.00000288. The first-order valence-electron chi connectivity index (χ1n) is 8.38. The van der Waals surface area contributed by atoms with Crippen LogP contribution in [-0.4, -0.2) is 49.0 Å². The molecule has 136 valence electrons. The molecule has 24 heavy (non-hydrogen) atoms. The Kier molecular flexibility index (Phi) is 7.11. The highest BCUT2D eigenvalue weighted by Crippen LogP contribution is 2.46. The van der Waals surface area contributed by atoms with Crippen molar-refractivity contribution in [3.05, 3.63) is 35.4 Å². The molecule has 0 bridgehead atoms. The average Bonchev–Trinajstić information content (AvgIpc) is 2.47. The molecule has 1 aliphatic heterocycles. The van der Waals surface area contributed by atoms with E-state index in [0.29, 0.717) is 5.41 Å². The number of nitrogens with one attached hydrogen (secondary N) is 1. The largest absolute Gasteiger partial charge is 0.352 e. The maximum Gasteiger partial charge on any atom is 0.194 e. The topological polar surface area (TPSA) is 30.9 Å². The molecule has 0 spiro atoms. The molecule has 0 amide bonds.